The van der Waals surface area contributed by atoms with Crippen molar-refractivity contribution in [2.45, 2.75) is 0 Å². The van der Waals surface area contributed by atoms with Gasteiger partial charge in [-0.2, -0.15) is 0 Å². The van der Waals surface area contributed by atoms with Crippen molar-refractivity contribution in [1.82, 2.24) is 0 Å². The van der Waals surface area contributed by atoms with Gasteiger partial charge in [0.2, 0.25) is 0 Å². The molecule has 0 heterocycles. The minimum absolute atomic E-state index is 0.313. The monoisotopic (exact) mass is 417 g/mol. The first-order valence-electron chi connectivity index (χ1n) is 3.53. The van der Waals surface area contributed by atoms with Crippen LogP contribution in [0.1, 0.15) is 5.56 Å². The van der Waals surface area contributed by atoms with E-state index in [0.29, 0.717) is 0 Å². The number of halogens is 2. The van der Waals surface area contributed by atoms with Crippen molar-refractivity contribution in [3.63, 3.8) is 0 Å². The molecule has 0 fully saturated rings. The molecule has 4 heteroatoms. The van der Waals surface area contributed by atoms with Crippen LogP contribution in [0.25, 0.3) is 3.62 Å². The van der Waals surface area contributed by atoms with Gasteiger partial charge in [-0.15, -0.1) is 0 Å². The van der Waals surface area contributed by atoms with E-state index in [1.54, 1.807) is 0 Å². The zero-order chi connectivity index (χ0) is 9.68. The summed E-state index contributed by atoms with van der Waals surface area (Å²) in [5.41, 5.74) is 1.20. The van der Waals surface area contributed by atoms with E-state index in [4.69, 9.17) is 5.41 Å². The van der Waals surface area contributed by atoms with Crippen LogP contribution >= 0.6 is 28.7 Å². The number of allylic oxidation sites excluding steroid dienone is 1. The molecule has 13 heavy (non-hydrogen) atoms. The molecule has 0 saturated carbocycles. The van der Waals surface area contributed by atoms with Gasteiger partial charge in [0.25, 0.3) is 0 Å². The van der Waals surface area contributed by atoms with Gasteiger partial charge >= 0.3 is 103 Å². The third-order valence-electron chi connectivity index (χ3n) is 1.45. The average molecular weight is 417 g/mol. The number of rotatable bonds is 3. The van der Waals surface area contributed by atoms with Crippen LogP contribution in [0.4, 0.5) is 0 Å². The Labute approximate surface area is 102 Å². The topological polar surface area (TPSA) is 23.9 Å². The van der Waals surface area contributed by atoms with Gasteiger partial charge in [-0.3, -0.25) is 0 Å². The van der Waals surface area contributed by atoms with Crippen molar-refractivity contribution in [1.29, 1.82) is 5.41 Å². The molecule has 0 aliphatic carbocycles. The van der Waals surface area contributed by atoms with Crippen LogP contribution in [-0.4, -0.2) is 24.9 Å². The Kier molecular flexibility index (Phi) is 5.26. The zero-order valence-electron chi connectivity index (χ0n) is 6.63. The molecule has 0 atom stereocenters. The summed E-state index contributed by atoms with van der Waals surface area (Å²) in [4.78, 5) is 0. The van der Waals surface area contributed by atoms with Gasteiger partial charge in [0, 0.05) is 0 Å². The van der Waals surface area contributed by atoms with Crippen molar-refractivity contribution in [3.8, 4) is 0 Å². The number of hydrogen-bond acceptors (Lipinski definition) is 1. The van der Waals surface area contributed by atoms with Crippen molar-refractivity contribution in [2.24, 2.45) is 0 Å². The van der Waals surface area contributed by atoms with Crippen LogP contribution in [0.2, 0.25) is 0 Å². The van der Waals surface area contributed by atoms with E-state index < -0.39 is 0 Å². The first-order chi connectivity index (χ1) is 6.27. The third kappa shape index (κ3) is 3.55. The van der Waals surface area contributed by atoms with Crippen molar-refractivity contribution in [3.05, 3.63) is 40.4 Å². The molecule has 0 aliphatic rings. The fraction of sp³-hybridized carbons (Fsp3) is 0. The molecule has 0 spiro atoms. The molecule has 0 unspecified atom stereocenters. The Balaban J connectivity index is 2.99. The van der Waals surface area contributed by atoms with Gasteiger partial charge in [-0.05, 0) is 0 Å². The van der Waals surface area contributed by atoms with Gasteiger partial charge in [0.15, 0.2) is 0 Å². The quantitative estimate of drug-likeness (QED) is 0.577. The summed E-state index contributed by atoms with van der Waals surface area (Å²) in [5.74, 6) is 0. The Morgan fingerprint density at radius 3 is 2.38 bits per heavy atom. The van der Waals surface area contributed by atoms with Crippen LogP contribution in [0.15, 0.2) is 34.8 Å². The molecular weight excluding hydrogens is 410 g/mol. The predicted molar refractivity (Wildman–Crippen MR) is 65.6 cm³/mol. The zero-order valence-corrected chi connectivity index (χ0v) is 12.1. The molecule has 68 valence electrons. The van der Waals surface area contributed by atoms with Crippen LogP contribution in [0.5, 0.6) is 0 Å². The Morgan fingerprint density at radius 1 is 1.31 bits per heavy atom. The van der Waals surface area contributed by atoms with Gasteiger partial charge in [0.1, 0.15) is 0 Å². The van der Waals surface area contributed by atoms with Crippen molar-refractivity contribution < 1.29 is 0 Å². The predicted octanol–water partition coefficient (Wildman–Crippen LogP) is 3.45. The van der Waals surface area contributed by atoms with E-state index in [-0.39, 0.29) is 18.7 Å². The van der Waals surface area contributed by atoms with E-state index in [2.05, 4.69) is 40.8 Å². The molecule has 0 amide bonds. The second kappa shape index (κ2) is 5.98. The summed E-state index contributed by atoms with van der Waals surface area (Å²) in [5, 5.41) is 7.02. The van der Waals surface area contributed by atoms with Crippen LogP contribution in [0, 0.1) is 5.41 Å². The molecule has 1 N–H and O–H groups in total. The van der Waals surface area contributed by atoms with Crippen LogP contribution in [0.3, 0.4) is 0 Å². The summed E-state index contributed by atoms with van der Waals surface area (Å²) in [6, 6.07) is 8.16. The first kappa shape index (κ1) is 11.5. The minimum atomic E-state index is -0.313. The molecule has 0 bridgehead atoms. The maximum absolute atomic E-state index is 7.02. The molecule has 1 aromatic rings. The Hall–Kier alpha value is 0.380. The average Bonchev–Trinajstić information content (AvgIpc) is 2.16. The molecule has 0 aliphatic heterocycles. The van der Waals surface area contributed by atoms with Gasteiger partial charge < -0.3 is 0 Å². The summed E-state index contributed by atoms with van der Waals surface area (Å²) in [6.07, 6.45) is 3.18. The normalized spacial score (nSPS) is 11.4. The second-order valence-electron chi connectivity index (χ2n) is 2.28. The van der Waals surface area contributed by atoms with Gasteiger partial charge in [-0.25, -0.2) is 0 Å². The Morgan fingerprint density at radius 2 is 1.92 bits per heavy atom. The summed E-state index contributed by atoms with van der Waals surface area (Å²) >= 11 is 6.60. The van der Waals surface area contributed by atoms with E-state index in [9.17, 15) is 0 Å². The van der Waals surface area contributed by atoms with E-state index in [1.807, 2.05) is 18.2 Å². The molecule has 1 rings (SSSR count). The molecule has 0 aromatic heterocycles. The summed E-state index contributed by atoms with van der Waals surface area (Å²) < 4.78 is 2.33. The van der Waals surface area contributed by atoms with Crippen LogP contribution < -0.4 is 0 Å². The molecule has 1 aromatic carbocycles. The number of nitrogens with one attached hydrogen (secondary N) is 1. The maximum atomic E-state index is 7.02. The van der Waals surface area contributed by atoms with E-state index in [1.165, 1.54) is 15.4 Å². The number of hydrogen-bond donors (Lipinski definition) is 1. The fourth-order valence-electron chi connectivity index (χ4n) is 0.856. The molecule has 0 saturated heterocycles. The molecule has 1 nitrogen and oxygen atoms in total. The van der Waals surface area contributed by atoms with E-state index >= 15 is 0 Å². The molecule has 0 radical (unpaired) electrons. The third-order valence-corrected chi connectivity index (χ3v) is 5.85. The second-order valence-corrected chi connectivity index (χ2v) is 7.06. The standard InChI is InChI=1S/C9H7Br2NTe/c10-8-3-1-7(2-4-8)9(13-11)5-6-12/h1-6,12H/b9-5-,12-6?. The number of benzene rings is 1. The summed E-state index contributed by atoms with van der Waals surface area (Å²) in [6.45, 7) is 0. The van der Waals surface area contributed by atoms with Crippen molar-refractivity contribution >= 4 is 57.2 Å². The van der Waals surface area contributed by atoms with Crippen LogP contribution in [-0.2, 0) is 0 Å². The SMILES string of the molecule is N=C/C=C(\[Te]Br)c1ccc(Br)cc1. The van der Waals surface area contributed by atoms with Gasteiger partial charge in [0.05, 0.1) is 0 Å². The Bertz CT molecular complexity index is 319. The van der Waals surface area contributed by atoms with Crippen molar-refractivity contribution in [2.75, 3.05) is 0 Å². The van der Waals surface area contributed by atoms with E-state index in [0.717, 1.165) is 4.47 Å². The fourth-order valence-corrected chi connectivity index (χ4v) is 4.08. The van der Waals surface area contributed by atoms with Gasteiger partial charge in [-0.1, -0.05) is 0 Å². The first-order valence-corrected chi connectivity index (χ1v) is 10.7. The molecular formula is C9H7Br2NTe. The summed E-state index contributed by atoms with van der Waals surface area (Å²) in [7, 11) is 0.